The Hall–Kier alpha value is -1.84. The van der Waals surface area contributed by atoms with Crippen molar-refractivity contribution in [3.63, 3.8) is 0 Å². The quantitative estimate of drug-likeness (QED) is 0.778. The van der Waals surface area contributed by atoms with Gasteiger partial charge in [0.25, 0.3) is 0 Å². The third-order valence-electron chi connectivity index (χ3n) is 2.14. The van der Waals surface area contributed by atoms with Gasteiger partial charge in [-0.2, -0.15) is 0 Å². The molecule has 4 heteroatoms. The van der Waals surface area contributed by atoms with Crippen LogP contribution >= 0.6 is 0 Å². The van der Waals surface area contributed by atoms with Gasteiger partial charge in [-0.25, -0.2) is 9.18 Å². The predicted octanol–water partition coefficient (Wildman–Crippen LogP) is 2.29. The van der Waals surface area contributed by atoms with E-state index in [0.29, 0.717) is 13.1 Å². The average molecular weight is 223 g/mol. The fraction of sp³-hybridized carbons (Fsp3) is 0.250. The second kappa shape index (κ2) is 5.90. The van der Waals surface area contributed by atoms with E-state index < -0.39 is 5.97 Å². The third-order valence-corrected chi connectivity index (χ3v) is 2.14. The summed E-state index contributed by atoms with van der Waals surface area (Å²) in [5.74, 6) is -1.27. The van der Waals surface area contributed by atoms with Crippen LogP contribution in [0.4, 0.5) is 10.1 Å². The summed E-state index contributed by atoms with van der Waals surface area (Å²) in [5, 5.41) is 8.45. The Balaban J connectivity index is 2.71. The monoisotopic (exact) mass is 223 g/mol. The van der Waals surface area contributed by atoms with Gasteiger partial charge in [-0.05, 0) is 25.1 Å². The van der Waals surface area contributed by atoms with Gasteiger partial charge >= 0.3 is 5.97 Å². The van der Waals surface area contributed by atoms with Crippen LogP contribution in [0, 0.1) is 5.82 Å². The smallest absolute Gasteiger partial charge is 0.328 e. The molecule has 0 aliphatic rings. The highest BCUT2D eigenvalue weighted by Crippen LogP contribution is 2.14. The lowest BCUT2D eigenvalue weighted by Crippen LogP contribution is -2.22. The van der Waals surface area contributed by atoms with Gasteiger partial charge in [-0.3, -0.25) is 0 Å². The standard InChI is InChI=1S/C12H14FNO2/c1-2-14(8-4-7-12(15)16)11-6-3-5-10(13)9-11/h3-7,9H,2,8H2,1H3,(H,15,16). The van der Waals surface area contributed by atoms with Crippen LogP contribution in [0.15, 0.2) is 36.4 Å². The zero-order valence-corrected chi connectivity index (χ0v) is 9.06. The topological polar surface area (TPSA) is 40.5 Å². The number of hydrogen-bond acceptors (Lipinski definition) is 2. The molecule has 86 valence electrons. The van der Waals surface area contributed by atoms with E-state index in [1.807, 2.05) is 11.8 Å². The van der Waals surface area contributed by atoms with Gasteiger partial charge in [-0.1, -0.05) is 12.1 Å². The summed E-state index contributed by atoms with van der Waals surface area (Å²) < 4.78 is 13.0. The first-order chi connectivity index (χ1) is 7.63. The fourth-order valence-corrected chi connectivity index (χ4v) is 1.37. The second-order valence-corrected chi connectivity index (χ2v) is 3.26. The van der Waals surface area contributed by atoms with Crippen molar-refractivity contribution < 1.29 is 14.3 Å². The molecule has 0 fully saturated rings. The van der Waals surface area contributed by atoms with Crippen LogP contribution in [-0.2, 0) is 4.79 Å². The maximum atomic E-state index is 13.0. The molecule has 0 radical (unpaired) electrons. The van der Waals surface area contributed by atoms with E-state index in [1.54, 1.807) is 12.1 Å². The zero-order chi connectivity index (χ0) is 12.0. The van der Waals surface area contributed by atoms with Gasteiger partial charge in [0.15, 0.2) is 0 Å². The van der Waals surface area contributed by atoms with E-state index in [-0.39, 0.29) is 5.82 Å². The number of carbonyl (C=O) groups is 1. The van der Waals surface area contributed by atoms with Crippen molar-refractivity contribution in [2.75, 3.05) is 18.0 Å². The number of likely N-dealkylation sites (N-methyl/N-ethyl adjacent to an activating group) is 1. The molecule has 0 unspecified atom stereocenters. The maximum Gasteiger partial charge on any atom is 0.328 e. The molecule has 16 heavy (non-hydrogen) atoms. The summed E-state index contributed by atoms with van der Waals surface area (Å²) in [6.07, 6.45) is 2.62. The largest absolute Gasteiger partial charge is 0.478 e. The molecule has 1 aromatic rings. The number of nitrogens with zero attached hydrogens (tertiary/aromatic N) is 1. The Morgan fingerprint density at radius 2 is 2.31 bits per heavy atom. The predicted molar refractivity (Wildman–Crippen MR) is 61.1 cm³/mol. The molecule has 1 rings (SSSR count). The van der Waals surface area contributed by atoms with Crippen molar-refractivity contribution >= 4 is 11.7 Å². The fourth-order valence-electron chi connectivity index (χ4n) is 1.37. The first-order valence-electron chi connectivity index (χ1n) is 5.03. The molecule has 0 atom stereocenters. The Kier molecular flexibility index (Phi) is 4.51. The molecule has 1 aromatic carbocycles. The SMILES string of the molecule is CCN(CC=CC(=O)O)c1cccc(F)c1. The lowest BCUT2D eigenvalue weighted by atomic mass is 10.2. The number of hydrogen-bond donors (Lipinski definition) is 1. The average Bonchev–Trinajstić information content (AvgIpc) is 2.24. The highest BCUT2D eigenvalue weighted by atomic mass is 19.1. The Labute approximate surface area is 93.8 Å². The molecule has 3 nitrogen and oxygen atoms in total. The van der Waals surface area contributed by atoms with Crippen LogP contribution in [0.5, 0.6) is 0 Å². The Morgan fingerprint density at radius 3 is 2.88 bits per heavy atom. The number of carboxylic acid groups (broad SMARTS) is 1. The molecule has 0 saturated carbocycles. The van der Waals surface area contributed by atoms with Gasteiger partial charge < -0.3 is 10.0 Å². The van der Waals surface area contributed by atoms with Gasteiger partial charge in [0.2, 0.25) is 0 Å². The lowest BCUT2D eigenvalue weighted by Gasteiger charge is -2.21. The van der Waals surface area contributed by atoms with Gasteiger partial charge in [0.1, 0.15) is 5.82 Å². The van der Waals surface area contributed by atoms with Crippen LogP contribution in [-0.4, -0.2) is 24.2 Å². The third kappa shape index (κ3) is 3.73. The van der Waals surface area contributed by atoms with Crippen LogP contribution in [0.1, 0.15) is 6.92 Å². The van der Waals surface area contributed by atoms with Crippen LogP contribution in [0.2, 0.25) is 0 Å². The van der Waals surface area contributed by atoms with E-state index in [1.165, 1.54) is 18.2 Å². The molecule has 0 spiro atoms. The molecule has 0 aliphatic carbocycles. The summed E-state index contributed by atoms with van der Waals surface area (Å²) in [7, 11) is 0. The number of carboxylic acids is 1. The van der Waals surface area contributed by atoms with Crippen molar-refractivity contribution in [2.24, 2.45) is 0 Å². The number of halogens is 1. The number of anilines is 1. The Morgan fingerprint density at radius 1 is 1.56 bits per heavy atom. The lowest BCUT2D eigenvalue weighted by molar-refractivity contribution is -0.131. The first kappa shape index (κ1) is 12.2. The molecule has 1 N–H and O–H groups in total. The number of aliphatic carboxylic acids is 1. The van der Waals surface area contributed by atoms with E-state index in [0.717, 1.165) is 11.8 Å². The maximum absolute atomic E-state index is 13.0. The number of rotatable bonds is 5. The van der Waals surface area contributed by atoms with E-state index >= 15 is 0 Å². The summed E-state index contributed by atoms with van der Waals surface area (Å²) in [4.78, 5) is 12.2. The zero-order valence-electron chi connectivity index (χ0n) is 9.06. The van der Waals surface area contributed by atoms with Gasteiger partial charge in [-0.15, -0.1) is 0 Å². The number of benzene rings is 1. The molecular formula is C12H14FNO2. The molecule has 0 aromatic heterocycles. The van der Waals surface area contributed by atoms with Crippen molar-refractivity contribution in [2.45, 2.75) is 6.92 Å². The first-order valence-corrected chi connectivity index (χ1v) is 5.03. The van der Waals surface area contributed by atoms with Crippen LogP contribution in [0.25, 0.3) is 0 Å². The highest BCUT2D eigenvalue weighted by molar-refractivity contribution is 5.79. The molecule has 0 aliphatic heterocycles. The van der Waals surface area contributed by atoms with E-state index in [2.05, 4.69) is 0 Å². The summed E-state index contributed by atoms with van der Waals surface area (Å²) in [6.45, 7) is 3.07. The van der Waals surface area contributed by atoms with Crippen molar-refractivity contribution in [1.29, 1.82) is 0 Å². The van der Waals surface area contributed by atoms with Crippen molar-refractivity contribution in [1.82, 2.24) is 0 Å². The molecular weight excluding hydrogens is 209 g/mol. The van der Waals surface area contributed by atoms with Crippen LogP contribution < -0.4 is 4.90 Å². The Bertz CT molecular complexity index is 390. The van der Waals surface area contributed by atoms with Gasteiger partial charge in [0.05, 0.1) is 0 Å². The summed E-state index contributed by atoms with van der Waals surface area (Å²) in [6, 6.07) is 6.23. The van der Waals surface area contributed by atoms with Crippen molar-refractivity contribution in [3.8, 4) is 0 Å². The minimum Gasteiger partial charge on any atom is -0.478 e. The minimum atomic E-state index is -0.977. The minimum absolute atomic E-state index is 0.293. The highest BCUT2D eigenvalue weighted by Gasteiger charge is 2.02. The molecule has 0 heterocycles. The normalized spacial score (nSPS) is 10.6. The van der Waals surface area contributed by atoms with Crippen molar-refractivity contribution in [3.05, 3.63) is 42.2 Å². The van der Waals surface area contributed by atoms with E-state index in [9.17, 15) is 9.18 Å². The van der Waals surface area contributed by atoms with Crippen LogP contribution in [0.3, 0.4) is 0 Å². The van der Waals surface area contributed by atoms with Gasteiger partial charge in [0, 0.05) is 24.9 Å². The molecule has 0 amide bonds. The van der Waals surface area contributed by atoms with E-state index in [4.69, 9.17) is 5.11 Å². The second-order valence-electron chi connectivity index (χ2n) is 3.26. The summed E-state index contributed by atoms with van der Waals surface area (Å²) in [5.41, 5.74) is 0.748. The summed E-state index contributed by atoms with van der Waals surface area (Å²) >= 11 is 0. The molecule has 0 saturated heterocycles. The molecule has 0 bridgehead atoms.